The van der Waals surface area contributed by atoms with E-state index in [0.717, 1.165) is 19.5 Å². The van der Waals surface area contributed by atoms with Gasteiger partial charge in [-0.2, -0.15) is 0 Å². The molecule has 0 bridgehead atoms. The van der Waals surface area contributed by atoms with Gasteiger partial charge in [0.2, 0.25) is 0 Å². The van der Waals surface area contributed by atoms with Crippen molar-refractivity contribution in [2.24, 2.45) is 5.41 Å². The third kappa shape index (κ3) is 3.56. The Bertz CT molecular complexity index is 303. The minimum absolute atomic E-state index is 0.385. The molecule has 0 amide bonds. The van der Waals surface area contributed by atoms with E-state index in [4.69, 9.17) is 0 Å². The third-order valence-corrected chi connectivity index (χ3v) is 4.30. The van der Waals surface area contributed by atoms with Crippen LogP contribution in [0, 0.1) is 12.3 Å². The molecule has 0 aliphatic heterocycles. The van der Waals surface area contributed by atoms with Crippen molar-refractivity contribution in [2.45, 2.75) is 47.0 Å². The Morgan fingerprint density at radius 1 is 1.31 bits per heavy atom. The Balaban J connectivity index is 2.69. The van der Waals surface area contributed by atoms with Crippen LogP contribution >= 0.6 is 11.3 Å². The van der Waals surface area contributed by atoms with Gasteiger partial charge in [0.15, 0.2) is 0 Å². The largest absolute Gasteiger partial charge is 0.316 e. The van der Waals surface area contributed by atoms with Crippen molar-refractivity contribution in [3.63, 3.8) is 0 Å². The average molecular weight is 240 g/mol. The highest BCUT2D eigenvalue weighted by atomic mass is 32.1. The van der Waals surface area contributed by atoms with Crippen LogP contribution in [0.25, 0.3) is 0 Å². The van der Waals surface area contributed by atoms with E-state index in [9.17, 15) is 0 Å². The van der Waals surface area contributed by atoms with E-state index in [1.165, 1.54) is 23.5 Å². The predicted octanol–water partition coefficient (Wildman–Crippen LogP) is 3.41. The van der Waals surface area contributed by atoms with Crippen LogP contribution in [-0.2, 0) is 6.42 Å². The Hall–Kier alpha value is -0.410. The van der Waals surface area contributed by atoms with Crippen molar-refractivity contribution >= 4 is 11.3 Å². The van der Waals surface area contributed by atoms with E-state index in [1.54, 1.807) is 11.3 Å². The standard InChI is InChI=1S/C13H24N2S/c1-5-13(6-2,10-14-7-3)8-12-9-16-11(4)15-12/h9,14H,5-8,10H2,1-4H3. The Kier molecular flexibility index (Phi) is 5.42. The molecule has 1 aromatic rings. The fraction of sp³-hybridized carbons (Fsp3) is 0.769. The highest BCUT2D eigenvalue weighted by molar-refractivity contribution is 7.09. The van der Waals surface area contributed by atoms with Crippen LogP contribution in [0.15, 0.2) is 5.38 Å². The monoisotopic (exact) mass is 240 g/mol. The lowest BCUT2D eigenvalue weighted by atomic mass is 9.78. The summed E-state index contributed by atoms with van der Waals surface area (Å²) in [6.45, 7) is 11.0. The van der Waals surface area contributed by atoms with Gasteiger partial charge in [0.1, 0.15) is 0 Å². The van der Waals surface area contributed by atoms with Gasteiger partial charge in [-0.1, -0.05) is 20.8 Å². The number of rotatable bonds is 7. The first-order chi connectivity index (χ1) is 7.65. The van der Waals surface area contributed by atoms with Crippen LogP contribution in [0.5, 0.6) is 0 Å². The van der Waals surface area contributed by atoms with Crippen LogP contribution in [0.3, 0.4) is 0 Å². The quantitative estimate of drug-likeness (QED) is 0.790. The molecule has 1 heterocycles. The molecule has 3 heteroatoms. The Labute approximate surface area is 103 Å². The SMILES string of the molecule is CCNCC(CC)(CC)Cc1csc(C)n1. The molecule has 0 saturated heterocycles. The maximum Gasteiger partial charge on any atom is 0.0897 e. The van der Waals surface area contributed by atoms with Gasteiger partial charge in [0, 0.05) is 11.9 Å². The maximum atomic E-state index is 4.59. The average Bonchev–Trinajstić information content (AvgIpc) is 2.70. The minimum Gasteiger partial charge on any atom is -0.316 e. The van der Waals surface area contributed by atoms with E-state index < -0.39 is 0 Å². The summed E-state index contributed by atoms with van der Waals surface area (Å²) >= 11 is 1.76. The summed E-state index contributed by atoms with van der Waals surface area (Å²) in [5.41, 5.74) is 1.65. The number of nitrogens with zero attached hydrogens (tertiary/aromatic N) is 1. The first-order valence-corrected chi connectivity index (χ1v) is 7.15. The molecule has 0 aromatic carbocycles. The molecule has 0 fully saturated rings. The van der Waals surface area contributed by atoms with Crippen molar-refractivity contribution in [1.82, 2.24) is 10.3 Å². The summed E-state index contributed by atoms with van der Waals surface area (Å²) in [6, 6.07) is 0. The second kappa shape index (κ2) is 6.36. The van der Waals surface area contributed by atoms with E-state index >= 15 is 0 Å². The number of thiazole rings is 1. The Morgan fingerprint density at radius 3 is 2.44 bits per heavy atom. The number of nitrogens with one attached hydrogen (secondary N) is 1. The lowest BCUT2D eigenvalue weighted by Crippen LogP contribution is -2.35. The first kappa shape index (κ1) is 13.7. The molecule has 0 unspecified atom stereocenters. The van der Waals surface area contributed by atoms with Crippen LogP contribution in [0.4, 0.5) is 0 Å². The molecular formula is C13H24N2S. The highest BCUT2D eigenvalue weighted by Gasteiger charge is 2.26. The number of aryl methyl sites for hydroxylation is 1. The van der Waals surface area contributed by atoms with Crippen molar-refractivity contribution in [1.29, 1.82) is 0 Å². The first-order valence-electron chi connectivity index (χ1n) is 6.27. The van der Waals surface area contributed by atoms with Gasteiger partial charge < -0.3 is 5.32 Å². The number of aromatic nitrogens is 1. The molecule has 0 saturated carbocycles. The van der Waals surface area contributed by atoms with E-state index in [-0.39, 0.29) is 0 Å². The zero-order valence-electron chi connectivity index (χ0n) is 11.0. The molecule has 1 aromatic heterocycles. The lowest BCUT2D eigenvalue weighted by molar-refractivity contribution is 0.246. The van der Waals surface area contributed by atoms with Crippen molar-refractivity contribution < 1.29 is 0 Å². The summed E-state index contributed by atoms with van der Waals surface area (Å²) in [5, 5.41) is 6.88. The van der Waals surface area contributed by atoms with Gasteiger partial charge in [-0.05, 0) is 38.1 Å². The zero-order chi connectivity index (χ0) is 12.0. The normalized spacial score (nSPS) is 12.0. The van der Waals surface area contributed by atoms with E-state index in [1.807, 2.05) is 0 Å². The van der Waals surface area contributed by atoms with Gasteiger partial charge in [0.25, 0.3) is 0 Å². The smallest absolute Gasteiger partial charge is 0.0897 e. The van der Waals surface area contributed by atoms with E-state index in [2.05, 4.69) is 43.4 Å². The summed E-state index contributed by atoms with van der Waals surface area (Å²) in [4.78, 5) is 4.59. The summed E-state index contributed by atoms with van der Waals surface area (Å²) in [5.74, 6) is 0. The maximum absolute atomic E-state index is 4.59. The molecule has 2 nitrogen and oxygen atoms in total. The molecule has 0 aliphatic rings. The topological polar surface area (TPSA) is 24.9 Å². The van der Waals surface area contributed by atoms with Crippen LogP contribution in [0.2, 0.25) is 0 Å². The second-order valence-corrected chi connectivity index (χ2v) is 5.58. The van der Waals surface area contributed by atoms with Gasteiger partial charge in [-0.25, -0.2) is 4.98 Å². The molecule has 92 valence electrons. The molecule has 16 heavy (non-hydrogen) atoms. The molecule has 0 atom stereocenters. The van der Waals surface area contributed by atoms with E-state index in [0.29, 0.717) is 5.41 Å². The van der Waals surface area contributed by atoms with Crippen molar-refractivity contribution in [3.05, 3.63) is 16.1 Å². The summed E-state index contributed by atoms with van der Waals surface area (Å²) < 4.78 is 0. The van der Waals surface area contributed by atoms with Crippen LogP contribution in [-0.4, -0.2) is 18.1 Å². The van der Waals surface area contributed by atoms with Crippen LogP contribution < -0.4 is 5.32 Å². The van der Waals surface area contributed by atoms with Crippen molar-refractivity contribution in [3.8, 4) is 0 Å². The van der Waals surface area contributed by atoms with Gasteiger partial charge >= 0.3 is 0 Å². The Morgan fingerprint density at radius 2 is 2.00 bits per heavy atom. The predicted molar refractivity (Wildman–Crippen MR) is 72.1 cm³/mol. The molecular weight excluding hydrogens is 216 g/mol. The minimum atomic E-state index is 0.385. The fourth-order valence-corrected chi connectivity index (χ4v) is 2.69. The molecule has 1 N–H and O–H groups in total. The summed E-state index contributed by atoms with van der Waals surface area (Å²) in [6.07, 6.45) is 3.54. The van der Waals surface area contributed by atoms with Crippen LogP contribution in [0.1, 0.15) is 44.3 Å². The summed E-state index contributed by atoms with van der Waals surface area (Å²) in [7, 11) is 0. The fourth-order valence-electron chi connectivity index (χ4n) is 2.08. The second-order valence-electron chi connectivity index (χ2n) is 4.52. The highest BCUT2D eigenvalue weighted by Crippen LogP contribution is 2.30. The third-order valence-electron chi connectivity index (χ3n) is 3.47. The number of hydrogen-bond acceptors (Lipinski definition) is 3. The van der Waals surface area contributed by atoms with Gasteiger partial charge in [0.05, 0.1) is 10.7 Å². The molecule has 0 spiro atoms. The molecule has 1 rings (SSSR count). The zero-order valence-corrected chi connectivity index (χ0v) is 11.8. The number of hydrogen-bond donors (Lipinski definition) is 1. The molecule has 0 aliphatic carbocycles. The van der Waals surface area contributed by atoms with Gasteiger partial charge in [-0.15, -0.1) is 11.3 Å². The van der Waals surface area contributed by atoms with Crippen molar-refractivity contribution in [2.75, 3.05) is 13.1 Å². The van der Waals surface area contributed by atoms with Gasteiger partial charge in [-0.3, -0.25) is 0 Å². The molecule has 0 radical (unpaired) electrons. The lowest BCUT2D eigenvalue weighted by Gasteiger charge is -2.31.